The molecule has 0 aliphatic heterocycles. The molecule has 0 saturated carbocycles. The number of carbonyl (C=O) groups is 2. The molecule has 19 heavy (non-hydrogen) atoms. The molecule has 1 rings (SSSR count). The second-order valence-corrected chi connectivity index (χ2v) is 6.28. The SMILES string of the molecule is CC(C)(C)[C@H](N)C(=O)Nc1cc(Br)cc(C(=O)O)c1. The van der Waals surface area contributed by atoms with Crippen molar-refractivity contribution in [1.29, 1.82) is 0 Å². The lowest BCUT2D eigenvalue weighted by molar-refractivity contribution is -0.119. The van der Waals surface area contributed by atoms with Gasteiger partial charge in [0.1, 0.15) is 0 Å². The maximum atomic E-state index is 12.0. The van der Waals surface area contributed by atoms with Crippen LogP contribution < -0.4 is 11.1 Å². The number of hydrogen-bond donors (Lipinski definition) is 3. The Balaban J connectivity index is 2.94. The van der Waals surface area contributed by atoms with Crippen molar-refractivity contribution in [1.82, 2.24) is 0 Å². The van der Waals surface area contributed by atoms with Crippen LogP contribution in [0, 0.1) is 5.41 Å². The minimum Gasteiger partial charge on any atom is -0.478 e. The van der Waals surface area contributed by atoms with E-state index < -0.39 is 12.0 Å². The third-order valence-electron chi connectivity index (χ3n) is 2.63. The van der Waals surface area contributed by atoms with E-state index in [9.17, 15) is 9.59 Å². The van der Waals surface area contributed by atoms with Crippen molar-refractivity contribution >= 4 is 33.5 Å². The maximum Gasteiger partial charge on any atom is 0.335 e. The third-order valence-corrected chi connectivity index (χ3v) is 3.09. The van der Waals surface area contributed by atoms with E-state index in [4.69, 9.17) is 10.8 Å². The Bertz CT molecular complexity index is 509. The number of nitrogens with two attached hydrogens (primary N) is 1. The van der Waals surface area contributed by atoms with Crippen LogP contribution in [0.3, 0.4) is 0 Å². The van der Waals surface area contributed by atoms with E-state index in [1.54, 1.807) is 6.07 Å². The van der Waals surface area contributed by atoms with Crippen LogP contribution in [0.1, 0.15) is 31.1 Å². The second-order valence-electron chi connectivity index (χ2n) is 5.37. The normalized spacial score (nSPS) is 12.9. The summed E-state index contributed by atoms with van der Waals surface area (Å²) >= 11 is 3.20. The summed E-state index contributed by atoms with van der Waals surface area (Å²) in [4.78, 5) is 22.9. The van der Waals surface area contributed by atoms with E-state index >= 15 is 0 Å². The van der Waals surface area contributed by atoms with E-state index in [2.05, 4.69) is 21.2 Å². The summed E-state index contributed by atoms with van der Waals surface area (Å²) in [5.74, 6) is -1.40. The van der Waals surface area contributed by atoms with Crippen LogP contribution in [-0.4, -0.2) is 23.0 Å². The van der Waals surface area contributed by atoms with Crippen molar-refractivity contribution in [2.45, 2.75) is 26.8 Å². The predicted octanol–water partition coefficient (Wildman–Crippen LogP) is 2.46. The van der Waals surface area contributed by atoms with Crippen molar-refractivity contribution in [3.8, 4) is 0 Å². The van der Waals surface area contributed by atoms with Crippen LogP contribution in [0.2, 0.25) is 0 Å². The smallest absolute Gasteiger partial charge is 0.335 e. The molecule has 1 aromatic rings. The molecule has 5 nitrogen and oxygen atoms in total. The summed E-state index contributed by atoms with van der Waals surface area (Å²) in [6.07, 6.45) is 0. The highest BCUT2D eigenvalue weighted by Crippen LogP contribution is 2.22. The van der Waals surface area contributed by atoms with Gasteiger partial charge in [-0.1, -0.05) is 36.7 Å². The highest BCUT2D eigenvalue weighted by atomic mass is 79.9. The molecule has 0 fully saturated rings. The Labute approximate surface area is 120 Å². The Hall–Kier alpha value is -1.40. The topological polar surface area (TPSA) is 92.4 Å². The first kappa shape index (κ1) is 15.7. The second kappa shape index (κ2) is 5.71. The fourth-order valence-electron chi connectivity index (χ4n) is 1.40. The lowest BCUT2D eigenvalue weighted by atomic mass is 9.87. The number of halogens is 1. The molecule has 1 amide bonds. The van der Waals surface area contributed by atoms with E-state index in [0.29, 0.717) is 10.2 Å². The van der Waals surface area contributed by atoms with Gasteiger partial charge < -0.3 is 16.2 Å². The number of carbonyl (C=O) groups excluding carboxylic acids is 1. The molecule has 0 spiro atoms. The van der Waals surface area contributed by atoms with Crippen LogP contribution in [0.15, 0.2) is 22.7 Å². The molecule has 6 heteroatoms. The number of amides is 1. The Morgan fingerprint density at radius 1 is 1.32 bits per heavy atom. The van der Waals surface area contributed by atoms with E-state index in [0.717, 1.165) is 0 Å². The summed E-state index contributed by atoms with van der Waals surface area (Å²) in [5, 5.41) is 11.6. The lowest BCUT2D eigenvalue weighted by Crippen LogP contribution is -2.45. The first-order valence-electron chi connectivity index (χ1n) is 5.71. The zero-order valence-electron chi connectivity index (χ0n) is 11.0. The van der Waals surface area contributed by atoms with Crippen LogP contribution in [0.25, 0.3) is 0 Å². The number of carboxylic acid groups (broad SMARTS) is 1. The molecule has 0 radical (unpaired) electrons. The van der Waals surface area contributed by atoms with Crippen LogP contribution in [0.5, 0.6) is 0 Å². The van der Waals surface area contributed by atoms with E-state index in [1.165, 1.54) is 12.1 Å². The number of carboxylic acids is 1. The van der Waals surface area contributed by atoms with Gasteiger partial charge in [0.05, 0.1) is 11.6 Å². The monoisotopic (exact) mass is 328 g/mol. The van der Waals surface area contributed by atoms with Gasteiger partial charge >= 0.3 is 5.97 Å². The average molecular weight is 329 g/mol. The summed E-state index contributed by atoms with van der Waals surface area (Å²) < 4.78 is 0.576. The van der Waals surface area contributed by atoms with Crippen molar-refractivity contribution in [2.24, 2.45) is 11.1 Å². The van der Waals surface area contributed by atoms with Crippen LogP contribution in [-0.2, 0) is 4.79 Å². The minimum atomic E-state index is -1.06. The van der Waals surface area contributed by atoms with Gasteiger partial charge in [-0.15, -0.1) is 0 Å². The summed E-state index contributed by atoms with van der Waals surface area (Å²) in [5.41, 5.74) is 5.96. The maximum absolute atomic E-state index is 12.0. The van der Waals surface area contributed by atoms with Crippen LogP contribution >= 0.6 is 15.9 Å². The standard InChI is InChI=1S/C13H17BrN2O3/c1-13(2,3)10(15)11(17)16-9-5-7(12(18)19)4-8(14)6-9/h4-6,10H,15H2,1-3H3,(H,16,17)(H,18,19)/t10-/m1/s1. The minimum absolute atomic E-state index is 0.0917. The molecule has 1 aromatic carbocycles. The molecule has 0 aliphatic rings. The Kier molecular flexibility index (Phi) is 4.70. The zero-order valence-corrected chi connectivity index (χ0v) is 12.6. The number of aromatic carboxylic acids is 1. The zero-order chi connectivity index (χ0) is 14.8. The highest BCUT2D eigenvalue weighted by Gasteiger charge is 2.27. The first-order chi connectivity index (χ1) is 8.61. The Morgan fingerprint density at radius 3 is 2.37 bits per heavy atom. The highest BCUT2D eigenvalue weighted by molar-refractivity contribution is 9.10. The molecular weight excluding hydrogens is 312 g/mol. The molecule has 4 N–H and O–H groups in total. The summed E-state index contributed by atoms with van der Waals surface area (Å²) in [6.45, 7) is 5.59. The van der Waals surface area contributed by atoms with Crippen molar-refractivity contribution < 1.29 is 14.7 Å². The molecule has 0 saturated heterocycles. The molecule has 0 heterocycles. The Morgan fingerprint density at radius 2 is 1.89 bits per heavy atom. The number of anilines is 1. The van der Waals surface area contributed by atoms with Gasteiger partial charge in [0.15, 0.2) is 0 Å². The average Bonchev–Trinajstić information content (AvgIpc) is 2.25. The predicted molar refractivity (Wildman–Crippen MR) is 77.2 cm³/mol. The number of benzene rings is 1. The van der Waals surface area contributed by atoms with Gasteiger partial charge in [-0.25, -0.2) is 4.79 Å². The molecule has 0 bridgehead atoms. The van der Waals surface area contributed by atoms with Gasteiger partial charge in [-0.2, -0.15) is 0 Å². The van der Waals surface area contributed by atoms with E-state index in [1.807, 2.05) is 20.8 Å². The summed E-state index contributed by atoms with van der Waals surface area (Å²) in [7, 11) is 0. The van der Waals surface area contributed by atoms with Gasteiger partial charge in [-0.05, 0) is 23.6 Å². The molecule has 0 unspecified atom stereocenters. The molecule has 0 aliphatic carbocycles. The number of hydrogen-bond acceptors (Lipinski definition) is 3. The largest absolute Gasteiger partial charge is 0.478 e. The third kappa shape index (κ3) is 4.33. The van der Waals surface area contributed by atoms with Gasteiger partial charge in [0.2, 0.25) is 5.91 Å². The number of nitrogens with one attached hydrogen (secondary N) is 1. The number of rotatable bonds is 3. The van der Waals surface area contributed by atoms with E-state index in [-0.39, 0.29) is 16.9 Å². The van der Waals surface area contributed by atoms with Crippen molar-refractivity contribution in [2.75, 3.05) is 5.32 Å². The van der Waals surface area contributed by atoms with Gasteiger partial charge in [0, 0.05) is 10.2 Å². The fourth-order valence-corrected chi connectivity index (χ4v) is 1.89. The van der Waals surface area contributed by atoms with Crippen molar-refractivity contribution in [3.63, 3.8) is 0 Å². The molecule has 0 aromatic heterocycles. The van der Waals surface area contributed by atoms with Gasteiger partial charge in [-0.3, -0.25) is 4.79 Å². The fraction of sp³-hybridized carbons (Fsp3) is 0.385. The van der Waals surface area contributed by atoms with Gasteiger partial charge in [0.25, 0.3) is 0 Å². The van der Waals surface area contributed by atoms with Crippen molar-refractivity contribution in [3.05, 3.63) is 28.2 Å². The first-order valence-corrected chi connectivity index (χ1v) is 6.51. The molecule has 1 atom stereocenters. The molecular formula is C13H17BrN2O3. The quantitative estimate of drug-likeness (QED) is 0.794. The lowest BCUT2D eigenvalue weighted by Gasteiger charge is -2.25. The summed E-state index contributed by atoms with van der Waals surface area (Å²) in [6, 6.07) is 3.79. The van der Waals surface area contributed by atoms with Crippen LogP contribution in [0.4, 0.5) is 5.69 Å². The molecule has 104 valence electrons.